The number of aromatic carboxylic acids is 1. The fraction of sp³-hybridized carbons (Fsp3) is 0.500. The topological polar surface area (TPSA) is 95.3 Å². The van der Waals surface area contributed by atoms with E-state index in [1.165, 1.54) is 12.3 Å². The van der Waals surface area contributed by atoms with Gasteiger partial charge in [-0.2, -0.15) is 0 Å². The Labute approximate surface area is 93.4 Å². The molecule has 0 aliphatic rings. The summed E-state index contributed by atoms with van der Waals surface area (Å²) in [7, 11) is 0. The highest BCUT2D eigenvalue weighted by molar-refractivity contribution is 5.85. The summed E-state index contributed by atoms with van der Waals surface area (Å²) in [6.45, 7) is 2.33. The number of carboxylic acid groups (broad SMARTS) is 1. The first-order chi connectivity index (χ1) is 7.59. The average Bonchev–Trinajstić information content (AvgIpc) is 2.24. The van der Waals surface area contributed by atoms with Crippen LogP contribution in [0.25, 0.3) is 0 Å². The minimum atomic E-state index is -1.07. The second-order valence-corrected chi connectivity index (χ2v) is 3.49. The van der Waals surface area contributed by atoms with Crippen LogP contribution in [0, 0.1) is 0 Å². The summed E-state index contributed by atoms with van der Waals surface area (Å²) >= 11 is 0. The van der Waals surface area contributed by atoms with Crippen LogP contribution in [0.3, 0.4) is 0 Å². The standard InChI is InChI=1S/C10H15N3O3/c1-7(14)3-2-5-11-10-12-6-4-8(13-10)9(15)16/h4,6-7,14H,2-3,5H2,1H3,(H,15,16)(H,11,12,13). The van der Waals surface area contributed by atoms with E-state index in [9.17, 15) is 4.79 Å². The second-order valence-electron chi connectivity index (χ2n) is 3.49. The quantitative estimate of drug-likeness (QED) is 0.618. The van der Waals surface area contributed by atoms with Gasteiger partial charge in [0.25, 0.3) is 0 Å². The molecule has 0 aliphatic carbocycles. The molecule has 0 aliphatic heterocycles. The van der Waals surface area contributed by atoms with Crippen molar-refractivity contribution in [2.75, 3.05) is 11.9 Å². The van der Waals surface area contributed by atoms with Crippen molar-refractivity contribution in [3.63, 3.8) is 0 Å². The Morgan fingerprint density at radius 1 is 1.62 bits per heavy atom. The third-order valence-electron chi connectivity index (χ3n) is 1.96. The summed E-state index contributed by atoms with van der Waals surface area (Å²) in [4.78, 5) is 18.3. The maximum absolute atomic E-state index is 10.6. The van der Waals surface area contributed by atoms with E-state index >= 15 is 0 Å². The maximum Gasteiger partial charge on any atom is 0.354 e. The van der Waals surface area contributed by atoms with Crippen molar-refractivity contribution in [3.05, 3.63) is 18.0 Å². The highest BCUT2D eigenvalue weighted by Gasteiger charge is 2.05. The van der Waals surface area contributed by atoms with E-state index in [0.717, 1.165) is 6.42 Å². The summed E-state index contributed by atoms with van der Waals surface area (Å²) in [6.07, 6.45) is 2.53. The number of anilines is 1. The van der Waals surface area contributed by atoms with Crippen LogP contribution in [-0.4, -0.2) is 38.8 Å². The lowest BCUT2D eigenvalue weighted by atomic mass is 10.2. The summed E-state index contributed by atoms with van der Waals surface area (Å²) < 4.78 is 0. The van der Waals surface area contributed by atoms with E-state index in [4.69, 9.17) is 10.2 Å². The highest BCUT2D eigenvalue weighted by atomic mass is 16.4. The summed E-state index contributed by atoms with van der Waals surface area (Å²) in [5.41, 5.74) is -0.0342. The SMILES string of the molecule is CC(O)CCCNc1nccc(C(=O)O)n1. The smallest absolute Gasteiger partial charge is 0.354 e. The lowest BCUT2D eigenvalue weighted by molar-refractivity contribution is 0.0690. The molecule has 1 aromatic heterocycles. The number of carboxylic acids is 1. The molecule has 0 saturated heterocycles. The third kappa shape index (κ3) is 4.22. The van der Waals surface area contributed by atoms with Crippen molar-refractivity contribution >= 4 is 11.9 Å². The normalized spacial score (nSPS) is 12.1. The van der Waals surface area contributed by atoms with Crippen molar-refractivity contribution in [3.8, 4) is 0 Å². The molecule has 0 aromatic carbocycles. The maximum atomic E-state index is 10.6. The van der Waals surface area contributed by atoms with Gasteiger partial charge in [-0.05, 0) is 25.8 Å². The van der Waals surface area contributed by atoms with Crippen molar-refractivity contribution < 1.29 is 15.0 Å². The van der Waals surface area contributed by atoms with Crippen LogP contribution < -0.4 is 5.32 Å². The first kappa shape index (κ1) is 12.4. The zero-order valence-electron chi connectivity index (χ0n) is 9.05. The van der Waals surface area contributed by atoms with Crippen LogP contribution in [0.4, 0.5) is 5.95 Å². The number of rotatable bonds is 6. The molecule has 0 bridgehead atoms. The average molecular weight is 225 g/mol. The first-order valence-corrected chi connectivity index (χ1v) is 5.08. The molecule has 0 radical (unpaired) electrons. The van der Waals surface area contributed by atoms with Crippen LogP contribution in [0.1, 0.15) is 30.3 Å². The Bertz CT molecular complexity index is 355. The predicted octanol–water partition coefficient (Wildman–Crippen LogP) is 0.748. The molecule has 3 N–H and O–H groups in total. The molecular formula is C10H15N3O3. The molecule has 88 valence electrons. The lowest BCUT2D eigenvalue weighted by Gasteiger charge is -2.06. The highest BCUT2D eigenvalue weighted by Crippen LogP contribution is 2.02. The Hall–Kier alpha value is -1.69. The summed E-state index contributed by atoms with van der Waals surface area (Å²) in [5, 5.41) is 20.6. The number of nitrogens with one attached hydrogen (secondary N) is 1. The molecule has 0 fully saturated rings. The number of carbonyl (C=O) groups is 1. The number of hydrogen-bond donors (Lipinski definition) is 3. The number of hydrogen-bond acceptors (Lipinski definition) is 5. The van der Waals surface area contributed by atoms with Gasteiger partial charge in [-0.25, -0.2) is 14.8 Å². The molecule has 1 aromatic rings. The van der Waals surface area contributed by atoms with E-state index in [0.29, 0.717) is 18.9 Å². The molecule has 1 rings (SSSR count). The van der Waals surface area contributed by atoms with E-state index in [1.54, 1.807) is 6.92 Å². The second kappa shape index (κ2) is 6.02. The largest absolute Gasteiger partial charge is 0.477 e. The van der Waals surface area contributed by atoms with Crippen molar-refractivity contribution in [2.24, 2.45) is 0 Å². The monoisotopic (exact) mass is 225 g/mol. The van der Waals surface area contributed by atoms with Crippen LogP contribution in [0.15, 0.2) is 12.3 Å². The van der Waals surface area contributed by atoms with E-state index in [2.05, 4.69) is 15.3 Å². The Balaban J connectivity index is 2.42. The predicted molar refractivity (Wildman–Crippen MR) is 58.4 cm³/mol. The minimum absolute atomic E-state index is 0.0342. The van der Waals surface area contributed by atoms with Crippen LogP contribution in [0.5, 0.6) is 0 Å². The molecule has 1 unspecified atom stereocenters. The number of nitrogens with zero attached hydrogens (tertiary/aromatic N) is 2. The molecule has 1 atom stereocenters. The molecule has 6 heteroatoms. The Kier molecular flexibility index (Phi) is 4.65. The lowest BCUT2D eigenvalue weighted by Crippen LogP contribution is -2.10. The zero-order valence-corrected chi connectivity index (χ0v) is 9.05. The number of aliphatic hydroxyl groups is 1. The molecule has 0 spiro atoms. The minimum Gasteiger partial charge on any atom is -0.477 e. The van der Waals surface area contributed by atoms with Gasteiger partial charge in [-0.15, -0.1) is 0 Å². The Morgan fingerprint density at radius 2 is 2.38 bits per heavy atom. The van der Waals surface area contributed by atoms with Crippen molar-refractivity contribution in [1.29, 1.82) is 0 Å². The van der Waals surface area contributed by atoms with Crippen molar-refractivity contribution in [1.82, 2.24) is 9.97 Å². The van der Waals surface area contributed by atoms with Crippen molar-refractivity contribution in [2.45, 2.75) is 25.9 Å². The summed E-state index contributed by atoms with van der Waals surface area (Å²) in [5.74, 6) is -0.778. The van der Waals surface area contributed by atoms with Crippen LogP contribution >= 0.6 is 0 Å². The molecule has 6 nitrogen and oxygen atoms in total. The van der Waals surface area contributed by atoms with Gasteiger partial charge in [0.05, 0.1) is 6.10 Å². The van der Waals surface area contributed by atoms with Gasteiger partial charge in [0, 0.05) is 12.7 Å². The third-order valence-corrected chi connectivity index (χ3v) is 1.96. The van der Waals surface area contributed by atoms with Crippen LogP contribution in [-0.2, 0) is 0 Å². The fourth-order valence-corrected chi connectivity index (χ4v) is 1.16. The van der Waals surface area contributed by atoms with Gasteiger partial charge in [0.15, 0.2) is 5.69 Å². The van der Waals surface area contributed by atoms with Gasteiger partial charge in [0.1, 0.15) is 0 Å². The first-order valence-electron chi connectivity index (χ1n) is 5.08. The van der Waals surface area contributed by atoms with E-state index in [-0.39, 0.29) is 11.8 Å². The van der Waals surface area contributed by atoms with Gasteiger partial charge in [0.2, 0.25) is 5.95 Å². The van der Waals surface area contributed by atoms with Gasteiger partial charge < -0.3 is 15.5 Å². The number of aromatic nitrogens is 2. The fourth-order valence-electron chi connectivity index (χ4n) is 1.16. The van der Waals surface area contributed by atoms with E-state index < -0.39 is 5.97 Å². The zero-order chi connectivity index (χ0) is 12.0. The Morgan fingerprint density at radius 3 is 3.00 bits per heavy atom. The van der Waals surface area contributed by atoms with Gasteiger partial charge in [-0.3, -0.25) is 0 Å². The molecule has 0 saturated carbocycles. The van der Waals surface area contributed by atoms with Gasteiger partial charge in [-0.1, -0.05) is 0 Å². The van der Waals surface area contributed by atoms with Gasteiger partial charge >= 0.3 is 5.97 Å². The number of aliphatic hydroxyl groups excluding tert-OH is 1. The molecule has 16 heavy (non-hydrogen) atoms. The van der Waals surface area contributed by atoms with E-state index in [1.807, 2.05) is 0 Å². The summed E-state index contributed by atoms with van der Waals surface area (Å²) in [6, 6.07) is 1.34. The molecule has 1 heterocycles. The molecule has 0 amide bonds. The molecular weight excluding hydrogens is 210 g/mol. The van der Waals surface area contributed by atoms with Crippen LogP contribution in [0.2, 0.25) is 0 Å².